The SMILES string of the molecule is CC[C@H](C)[C@H](NC(=O)OC)C(=O)NN(Cc1ccc(N2CCN(C)CC2)cc1)C[C@H](O)[C@H](Cc1ccccc1)NC(=O)[C@@H](NC(=O)OC)C(C)C. The van der Waals surface area contributed by atoms with Crippen molar-refractivity contribution < 1.29 is 33.8 Å². The molecule has 1 aliphatic rings. The molecule has 3 rings (SSSR count). The quantitative estimate of drug-likeness (QED) is 0.154. The third-order valence-corrected chi connectivity index (χ3v) is 9.31. The van der Waals surface area contributed by atoms with E-state index in [-0.39, 0.29) is 31.3 Å². The highest BCUT2D eigenvalue weighted by Crippen LogP contribution is 2.19. The third-order valence-electron chi connectivity index (χ3n) is 9.31. The molecule has 0 radical (unpaired) electrons. The zero-order valence-corrected chi connectivity index (χ0v) is 31.1. The molecule has 1 saturated heterocycles. The maximum Gasteiger partial charge on any atom is 0.407 e. The van der Waals surface area contributed by atoms with Crippen LogP contribution in [0.3, 0.4) is 0 Å². The van der Waals surface area contributed by atoms with Crippen molar-refractivity contribution in [1.82, 2.24) is 31.3 Å². The predicted octanol–water partition coefficient (Wildman–Crippen LogP) is 2.51. The Hall–Kier alpha value is -4.40. The highest BCUT2D eigenvalue weighted by Gasteiger charge is 2.32. The van der Waals surface area contributed by atoms with Gasteiger partial charge in [0.1, 0.15) is 12.1 Å². The molecule has 282 valence electrons. The van der Waals surface area contributed by atoms with E-state index in [0.717, 1.165) is 43.0 Å². The van der Waals surface area contributed by atoms with E-state index in [4.69, 9.17) is 9.47 Å². The summed E-state index contributed by atoms with van der Waals surface area (Å²) in [6.07, 6.45) is -1.76. The van der Waals surface area contributed by atoms with Gasteiger partial charge in [-0.25, -0.2) is 14.6 Å². The lowest BCUT2D eigenvalue weighted by Crippen LogP contribution is -2.59. The number of hydrogen-bond donors (Lipinski definition) is 5. The van der Waals surface area contributed by atoms with Crippen molar-refractivity contribution in [1.29, 1.82) is 0 Å². The van der Waals surface area contributed by atoms with E-state index < -0.39 is 48.2 Å². The van der Waals surface area contributed by atoms with Crippen LogP contribution in [0, 0.1) is 11.8 Å². The fourth-order valence-corrected chi connectivity index (χ4v) is 5.86. The average Bonchev–Trinajstić information content (AvgIpc) is 3.12. The molecule has 5 atom stereocenters. The molecule has 5 N–H and O–H groups in total. The smallest absolute Gasteiger partial charge is 0.407 e. The van der Waals surface area contributed by atoms with Gasteiger partial charge in [0.15, 0.2) is 0 Å². The van der Waals surface area contributed by atoms with E-state index in [1.54, 1.807) is 18.9 Å². The maximum absolute atomic E-state index is 13.8. The Morgan fingerprint density at radius 1 is 0.804 bits per heavy atom. The summed E-state index contributed by atoms with van der Waals surface area (Å²) < 4.78 is 9.52. The Morgan fingerprint density at radius 3 is 1.94 bits per heavy atom. The molecule has 1 aliphatic heterocycles. The number of alkyl carbamates (subject to hydrolysis) is 2. The van der Waals surface area contributed by atoms with Crippen LogP contribution in [0.4, 0.5) is 15.3 Å². The van der Waals surface area contributed by atoms with Crippen LogP contribution in [-0.4, -0.2) is 117 Å². The summed E-state index contributed by atoms with van der Waals surface area (Å²) in [5, 5.41) is 21.6. The van der Waals surface area contributed by atoms with Crippen molar-refractivity contribution in [2.75, 3.05) is 58.9 Å². The van der Waals surface area contributed by atoms with E-state index in [1.807, 2.05) is 56.3 Å². The van der Waals surface area contributed by atoms with Gasteiger partial charge in [0, 0.05) is 45.0 Å². The Kier molecular flexibility index (Phi) is 16.4. The first-order chi connectivity index (χ1) is 24.3. The second kappa shape index (κ2) is 20.4. The second-order valence-corrected chi connectivity index (χ2v) is 13.5. The number of methoxy groups -OCH3 is 2. The van der Waals surface area contributed by atoms with Crippen LogP contribution in [0.25, 0.3) is 0 Å². The minimum absolute atomic E-state index is 0.0774. The number of amides is 4. The van der Waals surface area contributed by atoms with E-state index in [2.05, 4.69) is 50.4 Å². The molecule has 2 aromatic rings. The number of anilines is 1. The predicted molar refractivity (Wildman–Crippen MR) is 196 cm³/mol. The molecule has 1 heterocycles. The molecule has 0 unspecified atom stereocenters. The zero-order chi connectivity index (χ0) is 37.5. The van der Waals surface area contributed by atoms with E-state index in [9.17, 15) is 24.3 Å². The van der Waals surface area contributed by atoms with Gasteiger partial charge >= 0.3 is 12.2 Å². The summed E-state index contributed by atoms with van der Waals surface area (Å²) in [7, 11) is 4.57. The van der Waals surface area contributed by atoms with Gasteiger partial charge in [0.25, 0.3) is 5.91 Å². The molecule has 14 nitrogen and oxygen atoms in total. The van der Waals surface area contributed by atoms with Gasteiger partial charge in [-0.3, -0.25) is 15.0 Å². The normalized spacial score (nSPS) is 16.4. The third kappa shape index (κ3) is 13.0. The standard InChI is InChI=1S/C37H57N7O7/c1-8-26(4)33(40-37(49)51-7)35(47)41-44(23-28-14-16-29(17-15-28)43-20-18-42(5)19-21-43)24-31(45)30(22-27-12-10-9-11-13-27)38-34(46)32(25(2)3)39-36(48)50-6/h9-17,25-26,30-33,45H,8,18-24H2,1-7H3,(H,38,46)(H,39,48)(H,40,49)(H,41,47)/t26-,30-,31-,32-,33-/m0/s1. The molecule has 0 spiro atoms. The molecule has 14 heteroatoms. The number of carbonyl (C=O) groups excluding carboxylic acids is 4. The molecule has 0 aliphatic carbocycles. The summed E-state index contributed by atoms with van der Waals surface area (Å²) >= 11 is 0. The van der Waals surface area contributed by atoms with Gasteiger partial charge < -0.3 is 40.3 Å². The van der Waals surface area contributed by atoms with Crippen LogP contribution in [0.15, 0.2) is 54.6 Å². The first-order valence-corrected chi connectivity index (χ1v) is 17.6. The number of aliphatic hydroxyl groups is 1. The number of hydrazine groups is 1. The minimum atomic E-state index is -1.18. The number of rotatable bonds is 17. The number of nitrogens with zero attached hydrogens (tertiary/aromatic N) is 3. The van der Waals surface area contributed by atoms with Crippen LogP contribution in [0.2, 0.25) is 0 Å². The number of hydrogen-bond acceptors (Lipinski definition) is 10. The first kappa shape index (κ1) is 41.0. The molecule has 4 amide bonds. The number of carbonyl (C=O) groups is 4. The highest BCUT2D eigenvalue weighted by molar-refractivity contribution is 5.86. The van der Waals surface area contributed by atoms with Crippen LogP contribution in [0.5, 0.6) is 0 Å². The van der Waals surface area contributed by atoms with Crippen LogP contribution in [-0.2, 0) is 32.0 Å². The van der Waals surface area contributed by atoms with Gasteiger partial charge in [0.2, 0.25) is 5.91 Å². The summed E-state index contributed by atoms with van der Waals surface area (Å²) in [6.45, 7) is 11.3. The van der Waals surface area contributed by atoms with E-state index in [0.29, 0.717) is 6.42 Å². The Morgan fingerprint density at radius 2 is 1.39 bits per heavy atom. The van der Waals surface area contributed by atoms with Gasteiger partial charge in [0.05, 0.1) is 26.4 Å². The lowest BCUT2D eigenvalue weighted by molar-refractivity contribution is -0.131. The average molecular weight is 712 g/mol. The Bertz CT molecular complexity index is 1390. The molecule has 1 fully saturated rings. The van der Waals surface area contributed by atoms with Crippen molar-refractivity contribution >= 4 is 29.7 Å². The number of piperazine rings is 1. The number of benzene rings is 2. The van der Waals surface area contributed by atoms with E-state index in [1.165, 1.54) is 14.2 Å². The van der Waals surface area contributed by atoms with Gasteiger partial charge in [-0.2, -0.15) is 0 Å². The number of likely N-dealkylation sites (N-methyl/N-ethyl adjacent to an activating group) is 1. The molecule has 2 aromatic carbocycles. The minimum Gasteiger partial charge on any atom is -0.453 e. The van der Waals surface area contributed by atoms with Crippen LogP contribution < -0.4 is 26.3 Å². The number of nitrogens with one attached hydrogen (secondary N) is 4. The summed E-state index contributed by atoms with van der Waals surface area (Å²) in [5.74, 6) is -1.45. The Balaban J connectivity index is 1.90. The summed E-state index contributed by atoms with van der Waals surface area (Å²) in [4.78, 5) is 56.2. The molecule has 51 heavy (non-hydrogen) atoms. The number of aliphatic hydroxyl groups excluding tert-OH is 1. The fourth-order valence-electron chi connectivity index (χ4n) is 5.86. The van der Waals surface area contributed by atoms with Crippen molar-refractivity contribution in [3.8, 4) is 0 Å². The summed E-state index contributed by atoms with van der Waals surface area (Å²) in [5.41, 5.74) is 5.79. The zero-order valence-electron chi connectivity index (χ0n) is 31.1. The van der Waals surface area contributed by atoms with E-state index >= 15 is 0 Å². The fraction of sp³-hybridized carbons (Fsp3) is 0.568. The summed E-state index contributed by atoms with van der Waals surface area (Å²) in [6, 6.07) is 14.9. The second-order valence-electron chi connectivity index (χ2n) is 13.5. The van der Waals surface area contributed by atoms with Gasteiger partial charge in [-0.15, -0.1) is 0 Å². The van der Waals surface area contributed by atoms with Crippen LogP contribution >= 0.6 is 0 Å². The highest BCUT2D eigenvalue weighted by atomic mass is 16.5. The number of ether oxygens (including phenoxy) is 2. The largest absolute Gasteiger partial charge is 0.453 e. The first-order valence-electron chi connectivity index (χ1n) is 17.6. The molecular weight excluding hydrogens is 654 g/mol. The van der Waals surface area contributed by atoms with Crippen molar-refractivity contribution in [2.45, 2.75) is 71.3 Å². The topological polar surface area (TPSA) is 165 Å². The van der Waals surface area contributed by atoms with Gasteiger partial charge in [-0.05, 0) is 48.6 Å². The molecule has 0 aromatic heterocycles. The monoisotopic (exact) mass is 711 g/mol. The van der Waals surface area contributed by atoms with Crippen molar-refractivity contribution in [2.24, 2.45) is 11.8 Å². The van der Waals surface area contributed by atoms with Crippen LogP contribution in [0.1, 0.15) is 45.2 Å². The molecular formula is C37H57N7O7. The lowest BCUT2D eigenvalue weighted by Gasteiger charge is -2.34. The van der Waals surface area contributed by atoms with Crippen molar-refractivity contribution in [3.63, 3.8) is 0 Å². The Labute approximate surface area is 302 Å². The van der Waals surface area contributed by atoms with Gasteiger partial charge in [-0.1, -0.05) is 76.6 Å². The van der Waals surface area contributed by atoms with Crippen molar-refractivity contribution in [3.05, 3.63) is 65.7 Å². The maximum atomic E-state index is 13.8. The molecule has 0 bridgehead atoms. The lowest BCUT2D eigenvalue weighted by atomic mass is 9.98. The molecule has 0 saturated carbocycles.